The standard InChI is InChI=1S/C16H21N3O2.C2H6.CHF3/c1-3-15(20)17-14-11-13(16(21-2)19-18-14)10-9-12-7-5-4-6-8-12;1-2;2-1(3)4/h3,9-12H,1,4-8H2,2H3,(H,17,18,20);1-2H3;1H/b10-9+;;. The molecule has 0 saturated heterocycles. The van der Waals surface area contributed by atoms with Gasteiger partial charge in [0.1, 0.15) is 0 Å². The lowest BCUT2D eigenvalue weighted by Gasteiger charge is -2.17. The summed E-state index contributed by atoms with van der Waals surface area (Å²) in [6.07, 6.45) is 11.8. The first kappa shape index (κ1) is 24.6. The molecule has 1 aromatic rings. The van der Waals surface area contributed by atoms with Crippen LogP contribution in [0.4, 0.5) is 19.0 Å². The number of hydrogen-bond acceptors (Lipinski definition) is 4. The van der Waals surface area contributed by atoms with Gasteiger partial charge in [0.2, 0.25) is 11.8 Å². The van der Waals surface area contributed by atoms with Crippen molar-refractivity contribution in [1.82, 2.24) is 10.2 Å². The maximum Gasteiger partial charge on any atom is 0.379 e. The van der Waals surface area contributed by atoms with Crippen molar-refractivity contribution in [1.29, 1.82) is 0 Å². The van der Waals surface area contributed by atoms with E-state index in [1.807, 2.05) is 19.9 Å². The zero-order valence-electron chi connectivity index (χ0n) is 16.1. The molecule has 1 heterocycles. The molecule has 1 fully saturated rings. The van der Waals surface area contributed by atoms with Gasteiger partial charge in [0.05, 0.1) is 7.11 Å². The highest BCUT2D eigenvalue weighted by molar-refractivity contribution is 5.98. The number of carbonyl (C=O) groups excluding carboxylic acids is 1. The number of aromatic nitrogens is 2. The lowest BCUT2D eigenvalue weighted by molar-refractivity contribution is -0.111. The zero-order valence-corrected chi connectivity index (χ0v) is 16.1. The van der Waals surface area contributed by atoms with Crippen molar-refractivity contribution in [2.75, 3.05) is 12.4 Å². The second kappa shape index (κ2) is 14.8. The third kappa shape index (κ3) is 11.0. The van der Waals surface area contributed by atoms with E-state index in [1.165, 1.54) is 38.2 Å². The van der Waals surface area contributed by atoms with Gasteiger partial charge in [0.15, 0.2) is 5.82 Å². The van der Waals surface area contributed by atoms with E-state index in [2.05, 4.69) is 28.2 Å². The molecule has 5 nitrogen and oxygen atoms in total. The number of anilines is 1. The number of carbonyl (C=O) groups is 1. The van der Waals surface area contributed by atoms with Gasteiger partial charge in [-0.25, -0.2) is 0 Å². The van der Waals surface area contributed by atoms with Crippen LogP contribution < -0.4 is 10.1 Å². The van der Waals surface area contributed by atoms with Crippen LogP contribution in [0.1, 0.15) is 51.5 Å². The van der Waals surface area contributed by atoms with Crippen molar-refractivity contribution in [2.24, 2.45) is 5.92 Å². The van der Waals surface area contributed by atoms with Crippen LogP contribution in [0.15, 0.2) is 24.8 Å². The van der Waals surface area contributed by atoms with Crippen molar-refractivity contribution >= 4 is 17.8 Å². The van der Waals surface area contributed by atoms with E-state index in [9.17, 15) is 18.0 Å². The van der Waals surface area contributed by atoms with Crippen molar-refractivity contribution in [3.8, 4) is 5.88 Å². The SMILES string of the molecule is C=CC(=O)Nc1cc(/C=C/C2CCCCC2)c(OC)nn1.CC.FC(F)F. The van der Waals surface area contributed by atoms with Crippen molar-refractivity contribution < 1.29 is 22.7 Å². The summed E-state index contributed by atoms with van der Waals surface area (Å²) in [5.41, 5.74) is 0.817. The summed E-state index contributed by atoms with van der Waals surface area (Å²) in [5, 5.41) is 10.5. The maximum absolute atomic E-state index is 11.3. The van der Waals surface area contributed by atoms with Gasteiger partial charge in [-0.1, -0.05) is 51.8 Å². The van der Waals surface area contributed by atoms with Gasteiger partial charge in [-0.15, -0.1) is 10.2 Å². The van der Waals surface area contributed by atoms with Crippen LogP contribution in [-0.2, 0) is 4.79 Å². The Morgan fingerprint density at radius 3 is 2.37 bits per heavy atom. The number of rotatable bonds is 5. The molecule has 27 heavy (non-hydrogen) atoms. The molecule has 1 aliphatic rings. The van der Waals surface area contributed by atoms with E-state index in [0.29, 0.717) is 17.6 Å². The summed E-state index contributed by atoms with van der Waals surface area (Å²) in [6, 6.07) is 1.76. The molecule has 1 aliphatic carbocycles. The highest BCUT2D eigenvalue weighted by Gasteiger charge is 2.11. The molecule has 152 valence electrons. The number of nitrogens with zero attached hydrogens (tertiary/aromatic N) is 2. The van der Waals surface area contributed by atoms with Gasteiger partial charge >= 0.3 is 6.68 Å². The van der Waals surface area contributed by atoms with Crippen molar-refractivity contribution in [3.63, 3.8) is 0 Å². The summed E-state index contributed by atoms with van der Waals surface area (Å²) < 4.78 is 34.2. The second-order valence-corrected chi connectivity index (χ2v) is 5.39. The lowest BCUT2D eigenvalue weighted by atomic mass is 9.89. The molecule has 0 aliphatic heterocycles. The van der Waals surface area contributed by atoms with E-state index in [4.69, 9.17) is 4.74 Å². The van der Waals surface area contributed by atoms with E-state index in [1.54, 1.807) is 13.2 Å². The maximum atomic E-state index is 11.3. The summed E-state index contributed by atoms with van der Waals surface area (Å²) in [7, 11) is 1.56. The normalized spacial score (nSPS) is 13.9. The van der Waals surface area contributed by atoms with E-state index in [0.717, 1.165) is 5.56 Å². The predicted molar refractivity (Wildman–Crippen MR) is 101 cm³/mol. The highest BCUT2D eigenvalue weighted by atomic mass is 19.4. The first-order chi connectivity index (χ1) is 13.0. The Hall–Kier alpha value is -2.38. The monoisotopic (exact) mass is 387 g/mol. The fraction of sp³-hybridized carbons (Fsp3) is 0.526. The summed E-state index contributed by atoms with van der Waals surface area (Å²) in [5.74, 6) is 1.15. The molecule has 2 rings (SSSR count). The average molecular weight is 387 g/mol. The molecule has 0 aromatic carbocycles. The topological polar surface area (TPSA) is 64.1 Å². The van der Waals surface area contributed by atoms with Crippen LogP contribution in [-0.4, -0.2) is 29.9 Å². The molecule has 1 N–H and O–H groups in total. The van der Waals surface area contributed by atoms with Crippen molar-refractivity contribution in [3.05, 3.63) is 30.4 Å². The number of ether oxygens (including phenoxy) is 1. The Kier molecular flexibility index (Phi) is 13.5. The Morgan fingerprint density at radius 1 is 1.26 bits per heavy atom. The van der Waals surface area contributed by atoms with Crippen LogP contribution in [0.2, 0.25) is 0 Å². The average Bonchev–Trinajstić information content (AvgIpc) is 2.68. The van der Waals surface area contributed by atoms with Crippen LogP contribution >= 0.6 is 0 Å². The molecule has 0 radical (unpaired) electrons. The third-order valence-corrected chi connectivity index (χ3v) is 3.62. The Labute approximate surface area is 158 Å². The largest absolute Gasteiger partial charge is 0.479 e. The first-order valence-electron chi connectivity index (χ1n) is 8.91. The first-order valence-corrected chi connectivity index (χ1v) is 8.91. The minimum absolute atomic E-state index is 0.309. The Balaban J connectivity index is 0.000000998. The number of nitrogens with one attached hydrogen (secondary N) is 1. The highest BCUT2D eigenvalue weighted by Crippen LogP contribution is 2.26. The molecule has 0 unspecified atom stereocenters. The lowest BCUT2D eigenvalue weighted by Crippen LogP contribution is -2.10. The minimum Gasteiger partial charge on any atom is -0.479 e. The summed E-state index contributed by atoms with van der Waals surface area (Å²) >= 11 is 0. The Bertz CT molecular complexity index is 587. The predicted octanol–water partition coefficient (Wildman–Crippen LogP) is 5.41. The van der Waals surface area contributed by atoms with Gasteiger partial charge in [0.25, 0.3) is 0 Å². The molecule has 0 spiro atoms. The quantitative estimate of drug-likeness (QED) is 0.686. The number of halogens is 3. The van der Waals surface area contributed by atoms with Crippen LogP contribution in [0.3, 0.4) is 0 Å². The molecule has 0 bridgehead atoms. The van der Waals surface area contributed by atoms with Gasteiger partial charge < -0.3 is 10.1 Å². The zero-order chi connectivity index (χ0) is 20.7. The van der Waals surface area contributed by atoms with Gasteiger partial charge in [-0.2, -0.15) is 13.2 Å². The number of alkyl halides is 3. The smallest absolute Gasteiger partial charge is 0.379 e. The molecule has 8 heteroatoms. The number of methoxy groups -OCH3 is 1. The number of hydrogen-bond donors (Lipinski definition) is 1. The molecule has 0 atom stereocenters. The van der Waals surface area contributed by atoms with Crippen LogP contribution in [0, 0.1) is 5.92 Å². The molecular formula is C19H28F3N3O2. The molecule has 1 amide bonds. The van der Waals surface area contributed by atoms with E-state index < -0.39 is 6.68 Å². The van der Waals surface area contributed by atoms with Crippen LogP contribution in [0.5, 0.6) is 5.88 Å². The molecule has 1 saturated carbocycles. The number of amides is 1. The molecule has 1 aromatic heterocycles. The van der Waals surface area contributed by atoms with Gasteiger partial charge in [0, 0.05) is 5.56 Å². The second-order valence-electron chi connectivity index (χ2n) is 5.39. The van der Waals surface area contributed by atoms with E-state index >= 15 is 0 Å². The summed E-state index contributed by atoms with van der Waals surface area (Å²) in [6.45, 7) is 3.74. The number of allylic oxidation sites excluding steroid dienone is 1. The van der Waals surface area contributed by atoms with Gasteiger partial charge in [-0.05, 0) is 30.9 Å². The van der Waals surface area contributed by atoms with Crippen LogP contribution in [0.25, 0.3) is 6.08 Å². The minimum atomic E-state index is -3.67. The van der Waals surface area contributed by atoms with E-state index in [-0.39, 0.29) is 5.91 Å². The Morgan fingerprint density at radius 2 is 1.85 bits per heavy atom. The van der Waals surface area contributed by atoms with Gasteiger partial charge in [-0.3, -0.25) is 4.79 Å². The third-order valence-electron chi connectivity index (χ3n) is 3.62. The molecular weight excluding hydrogens is 359 g/mol. The summed E-state index contributed by atoms with van der Waals surface area (Å²) in [4.78, 5) is 11.3. The fourth-order valence-corrected chi connectivity index (χ4v) is 2.48. The fourth-order valence-electron chi connectivity index (χ4n) is 2.48. The van der Waals surface area contributed by atoms with Crippen molar-refractivity contribution in [2.45, 2.75) is 52.6 Å².